The zero-order chi connectivity index (χ0) is 22.2. The summed E-state index contributed by atoms with van der Waals surface area (Å²) in [6, 6.07) is 11.8. The highest BCUT2D eigenvalue weighted by Crippen LogP contribution is 2.26. The Kier molecular flexibility index (Phi) is 8.06. The van der Waals surface area contributed by atoms with Gasteiger partial charge in [-0.2, -0.15) is 0 Å². The van der Waals surface area contributed by atoms with Crippen molar-refractivity contribution < 1.29 is 14.3 Å². The van der Waals surface area contributed by atoms with E-state index in [0.717, 1.165) is 29.1 Å². The van der Waals surface area contributed by atoms with Gasteiger partial charge in [0.25, 0.3) is 0 Å². The molecule has 1 fully saturated rings. The molecule has 2 heterocycles. The lowest BCUT2D eigenvalue weighted by atomic mass is 9.91. The number of hydrogen-bond donors (Lipinski definition) is 1. The second kappa shape index (κ2) is 11.0. The largest absolute Gasteiger partial charge is 0.491 e. The van der Waals surface area contributed by atoms with E-state index >= 15 is 0 Å². The van der Waals surface area contributed by atoms with Gasteiger partial charge in [0.2, 0.25) is 0 Å². The first kappa shape index (κ1) is 22.8. The maximum Gasteiger partial charge on any atom is 0.321 e. The fourth-order valence-electron chi connectivity index (χ4n) is 3.54. The van der Waals surface area contributed by atoms with Gasteiger partial charge in [0.05, 0.1) is 24.6 Å². The van der Waals surface area contributed by atoms with Crippen molar-refractivity contribution in [1.82, 2.24) is 9.88 Å². The number of carbonyl (C=O) groups excluding carboxylic acids is 1. The number of pyridine rings is 1. The SMILES string of the molecule is Cc1ccc(NC(=O)N2CCC(=Cc3cccc(OCCOC(C)C)c3)C(C)C2)cn1. The van der Waals surface area contributed by atoms with Crippen LogP contribution in [0.2, 0.25) is 0 Å². The van der Waals surface area contributed by atoms with E-state index in [9.17, 15) is 4.79 Å². The Morgan fingerprint density at radius 1 is 1.29 bits per heavy atom. The van der Waals surface area contributed by atoms with Crippen molar-refractivity contribution in [2.45, 2.75) is 40.2 Å². The number of benzene rings is 1. The van der Waals surface area contributed by atoms with Gasteiger partial charge >= 0.3 is 6.03 Å². The molecule has 0 spiro atoms. The lowest BCUT2D eigenvalue weighted by molar-refractivity contribution is 0.0552. The van der Waals surface area contributed by atoms with Gasteiger partial charge in [-0.25, -0.2) is 4.79 Å². The molecule has 0 aliphatic carbocycles. The fourth-order valence-corrected chi connectivity index (χ4v) is 3.54. The van der Waals surface area contributed by atoms with E-state index in [-0.39, 0.29) is 12.1 Å². The molecule has 0 bridgehead atoms. The van der Waals surface area contributed by atoms with E-state index < -0.39 is 0 Å². The number of hydrogen-bond acceptors (Lipinski definition) is 4. The Morgan fingerprint density at radius 3 is 2.84 bits per heavy atom. The summed E-state index contributed by atoms with van der Waals surface area (Å²) in [4.78, 5) is 18.7. The van der Waals surface area contributed by atoms with Gasteiger partial charge in [-0.3, -0.25) is 4.98 Å². The van der Waals surface area contributed by atoms with Crippen molar-refractivity contribution in [3.63, 3.8) is 0 Å². The van der Waals surface area contributed by atoms with E-state index in [1.165, 1.54) is 5.57 Å². The van der Waals surface area contributed by atoms with Crippen molar-refractivity contribution in [1.29, 1.82) is 0 Å². The molecular weight excluding hydrogens is 390 g/mol. The van der Waals surface area contributed by atoms with E-state index in [0.29, 0.717) is 32.2 Å². The minimum atomic E-state index is -0.0735. The summed E-state index contributed by atoms with van der Waals surface area (Å²) in [5.41, 5.74) is 4.12. The Balaban J connectivity index is 1.54. The Bertz CT molecular complexity index is 893. The number of piperidine rings is 1. The molecule has 2 aromatic rings. The third-order valence-corrected chi connectivity index (χ3v) is 5.26. The van der Waals surface area contributed by atoms with Crippen molar-refractivity contribution in [2.24, 2.45) is 5.92 Å². The predicted molar refractivity (Wildman–Crippen MR) is 124 cm³/mol. The zero-order valence-corrected chi connectivity index (χ0v) is 18.9. The highest BCUT2D eigenvalue weighted by molar-refractivity contribution is 5.89. The second-order valence-electron chi connectivity index (χ2n) is 8.28. The van der Waals surface area contributed by atoms with Gasteiger partial charge in [0.1, 0.15) is 12.4 Å². The molecule has 166 valence electrons. The molecule has 6 nitrogen and oxygen atoms in total. The highest BCUT2D eigenvalue weighted by Gasteiger charge is 2.24. The lowest BCUT2D eigenvalue weighted by Crippen LogP contribution is -2.42. The highest BCUT2D eigenvalue weighted by atomic mass is 16.5. The number of rotatable bonds is 7. The second-order valence-corrected chi connectivity index (χ2v) is 8.28. The number of anilines is 1. The summed E-state index contributed by atoms with van der Waals surface area (Å²) in [6.07, 6.45) is 4.98. The molecule has 1 N–H and O–H groups in total. The van der Waals surface area contributed by atoms with Crippen molar-refractivity contribution in [3.05, 3.63) is 59.4 Å². The van der Waals surface area contributed by atoms with E-state index in [1.54, 1.807) is 6.20 Å². The molecule has 1 aliphatic heterocycles. The number of nitrogens with one attached hydrogen (secondary N) is 1. The molecular formula is C25H33N3O3. The van der Waals surface area contributed by atoms with Crippen LogP contribution in [0.1, 0.15) is 38.4 Å². The van der Waals surface area contributed by atoms with Crippen LogP contribution in [0.5, 0.6) is 5.75 Å². The first-order chi connectivity index (χ1) is 14.9. The summed E-state index contributed by atoms with van der Waals surface area (Å²) >= 11 is 0. The molecule has 1 aromatic heterocycles. The molecule has 2 amide bonds. The fraction of sp³-hybridized carbons (Fsp3) is 0.440. The van der Waals surface area contributed by atoms with Gasteiger partial charge in [-0.05, 0) is 62.9 Å². The Morgan fingerprint density at radius 2 is 2.13 bits per heavy atom. The molecule has 1 unspecified atom stereocenters. The zero-order valence-electron chi connectivity index (χ0n) is 18.9. The van der Waals surface area contributed by atoms with Crippen LogP contribution < -0.4 is 10.1 Å². The summed E-state index contributed by atoms with van der Waals surface area (Å²) in [7, 11) is 0. The molecule has 1 saturated heterocycles. The van der Waals surface area contributed by atoms with Crippen LogP contribution in [0, 0.1) is 12.8 Å². The standard InChI is InChI=1S/C25H33N3O3/c1-18(2)30-12-13-31-24-7-5-6-21(15-24)14-22-10-11-28(17-19(22)3)25(29)27-23-9-8-20(4)26-16-23/h5-9,14-16,18-19H,10-13,17H2,1-4H3,(H,27,29). The third-order valence-electron chi connectivity index (χ3n) is 5.26. The van der Waals surface area contributed by atoms with E-state index in [2.05, 4.69) is 35.4 Å². The lowest BCUT2D eigenvalue weighted by Gasteiger charge is -2.33. The number of aromatic nitrogens is 1. The van der Waals surface area contributed by atoms with Gasteiger partial charge in [0.15, 0.2) is 0 Å². The predicted octanol–water partition coefficient (Wildman–Crippen LogP) is 5.15. The van der Waals surface area contributed by atoms with Crippen LogP contribution in [0.25, 0.3) is 6.08 Å². The molecule has 1 atom stereocenters. The van der Waals surface area contributed by atoms with Crippen LogP contribution >= 0.6 is 0 Å². The maximum absolute atomic E-state index is 12.6. The molecule has 0 radical (unpaired) electrons. The first-order valence-electron chi connectivity index (χ1n) is 10.9. The normalized spacial score (nSPS) is 17.8. The molecule has 1 aliphatic rings. The molecule has 31 heavy (non-hydrogen) atoms. The number of urea groups is 1. The number of nitrogens with zero attached hydrogens (tertiary/aromatic N) is 2. The van der Waals surface area contributed by atoms with Crippen molar-refractivity contribution in [2.75, 3.05) is 31.6 Å². The van der Waals surface area contributed by atoms with E-state index in [1.807, 2.05) is 49.9 Å². The van der Waals surface area contributed by atoms with Crippen molar-refractivity contribution >= 4 is 17.8 Å². The summed E-state index contributed by atoms with van der Waals surface area (Å²) < 4.78 is 11.3. The maximum atomic E-state index is 12.6. The van der Waals surface area contributed by atoms with Crippen LogP contribution in [0.4, 0.5) is 10.5 Å². The monoisotopic (exact) mass is 423 g/mol. The summed E-state index contributed by atoms with van der Waals surface area (Å²) in [5, 5.41) is 2.94. The van der Waals surface area contributed by atoms with Crippen LogP contribution in [-0.4, -0.2) is 48.3 Å². The van der Waals surface area contributed by atoms with Crippen LogP contribution in [0.3, 0.4) is 0 Å². The van der Waals surface area contributed by atoms with Crippen LogP contribution in [0.15, 0.2) is 48.2 Å². The third kappa shape index (κ3) is 7.10. The average Bonchev–Trinajstić information content (AvgIpc) is 2.74. The van der Waals surface area contributed by atoms with E-state index in [4.69, 9.17) is 9.47 Å². The van der Waals surface area contributed by atoms with Crippen molar-refractivity contribution in [3.8, 4) is 5.75 Å². The van der Waals surface area contributed by atoms with Gasteiger partial charge in [0, 0.05) is 18.8 Å². The number of amides is 2. The Labute approximate surface area is 185 Å². The quantitative estimate of drug-likeness (QED) is 0.626. The minimum absolute atomic E-state index is 0.0735. The molecule has 6 heteroatoms. The number of carbonyl (C=O) groups is 1. The molecule has 1 aromatic carbocycles. The van der Waals surface area contributed by atoms with Crippen LogP contribution in [-0.2, 0) is 4.74 Å². The average molecular weight is 424 g/mol. The number of aryl methyl sites for hydroxylation is 1. The topological polar surface area (TPSA) is 63.7 Å². The summed E-state index contributed by atoms with van der Waals surface area (Å²) in [6.45, 7) is 10.6. The molecule has 3 rings (SSSR count). The minimum Gasteiger partial charge on any atom is -0.491 e. The van der Waals surface area contributed by atoms with Gasteiger partial charge in [-0.1, -0.05) is 30.7 Å². The first-order valence-corrected chi connectivity index (χ1v) is 10.9. The van der Waals surface area contributed by atoms with Gasteiger partial charge < -0.3 is 19.7 Å². The molecule has 0 saturated carbocycles. The summed E-state index contributed by atoms with van der Waals surface area (Å²) in [5.74, 6) is 1.14. The number of likely N-dealkylation sites (tertiary alicyclic amines) is 1. The van der Waals surface area contributed by atoms with Gasteiger partial charge in [-0.15, -0.1) is 0 Å². The smallest absolute Gasteiger partial charge is 0.321 e. The Hall–Kier alpha value is -2.86. The number of ether oxygens (including phenoxy) is 2.